The van der Waals surface area contributed by atoms with Gasteiger partial charge in [0, 0.05) is 51.0 Å². The molecule has 6 nitrogen and oxygen atoms in total. The summed E-state index contributed by atoms with van der Waals surface area (Å²) >= 11 is 0. The highest BCUT2D eigenvalue weighted by molar-refractivity contribution is 5.83. The Labute approximate surface area is 194 Å². The summed E-state index contributed by atoms with van der Waals surface area (Å²) in [7, 11) is 0. The molecule has 3 aromatic rings. The van der Waals surface area contributed by atoms with Crippen molar-refractivity contribution in [3.8, 4) is 11.1 Å². The second-order valence-electron chi connectivity index (χ2n) is 8.29. The zero-order chi connectivity index (χ0) is 23.0. The second-order valence-corrected chi connectivity index (χ2v) is 8.29. The third kappa shape index (κ3) is 5.71. The maximum Gasteiger partial charge on any atom is 0.228 e. The molecule has 0 saturated carbocycles. The Morgan fingerprint density at radius 2 is 1.82 bits per heavy atom. The number of pyridine rings is 2. The molecular formula is C27H28N4O2. The third-order valence-corrected chi connectivity index (χ3v) is 5.94. The summed E-state index contributed by atoms with van der Waals surface area (Å²) in [5, 5.41) is 0. The molecule has 168 valence electrons. The highest BCUT2D eigenvalue weighted by atomic mass is 16.2. The molecule has 1 atom stereocenters. The van der Waals surface area contributed by atoms with Crippen LogP contribution in [0.2, 0.25) is 0 Å². The van der Waals surface area contributed by atoms with Gasteiger partial charge in [0.25, 0.3) is 0 Å². The van der Waals surface area contributed by atoms with E-state index >= 15 is 0 Å². The van der Waals surface area contributed by atoms with Gasteiger partial charge in [-0.2, -0.15) is 0 Å². The van der Waals surface area contributed by atoms with Gasteiger partial charge < -0.3 is 9.80 Å². The van der Waals surface area contributed by atoms with E-state index < -0.39 is 0 Å². The van der Waals surface area contributed by atoms with Gasteiger partial charge >= 0.3 is 0 Å². The van der Waals surface area contributed by atoms with Crippen LogP contribution in [0.1, 0.15) is 11.1 Å². The van der Waals surface area contributed by atoms with E-state index in [1.165, 1.54) is 0 Å². The zero-order valence-electron chi connectivity index (χ0n) is 18.6. The van der Waals surface area contributed by atoms with Crippen molar-refractivity contribution in [3.63, 3.8) is 0 Å². The van der Waals surface area contributed by atoms with Crippen LogP contribution < -0.4 is 0 Å². The fourth-order valence-corrected chi connectivity index (χ4v) is 4.26. The molecule has 1 fully saturated rings. The van der Waals surface area contributed by atoms with Crippen molar-refractivity contribution in [2.45, 2.75) is 12.8 Å². The molecule has 3 heterocycles. The number of aromatic nitrogens is 2. The molecule has 0 N–H and O–H groups in total. The fourth-order valence-electron chi connectivity index (χ4n) is 4.26. The predicted molar refractivity (Wildman–Crippen MR) is 128 cm³/mol. The van der Waals surface area contributed by atoms with Crippen molar-refractivity contribution < 1.29 is 9.59 Å². The molecule has 6 heteroatoms. The molecule has 0 radical (unpaired) electrons. The van der Waals surface area contributed by atoms with E-state index in [-0.39, 0.29) is 24.2 Å². The average molecular weight is 441 g/mol. The minimum Gasteiger partial charge on any atom is -0.340 e. The van der Waals surface area contributed by atoms with Crippen molar-refractivity contribution in [1.82, 2.24) is 19.8 Å². The van der Waals surface area contributed by atoms with Crippen LogP contribution in [0.15, 0.2) is 86.0 Å². The maximum absolute atomic E-state index is 13.3. The number of hydrogen-bond donors (Lipinski definition) is 0. The van der Waals surface area contributed by atoms with E-state index in [4.69, 9.17) is 0 Å². The number of hydrogen-bond acceptors (Lipinski definition) is 4. The molecule has 4 rings (SSSR count). The molecule has 0 spiro atoms. The SMILES string of the molecule is C=CCN1CCN(C(=O)Cc2cccnc2)C[C@@H](Cc2cccc(-c3ccncc3)c2)C1=O. The monoisotopic (exact) mass is 440 g/mol. The van der Waals surface area contributed by atoms with Gasteiger partial charge in [0.05, 0.1) is 12.3 Å². The number of carbonyl (C=O) groups excluding carboxylic acids is 2. The first kappa shape index (κ1) is 22.4. The predicted octanol–water partition coefficient (Wildman–Crippen LogP) is 3.40. The van der Waals surface area contributed by atoms with Gasteiger partial charge in [0.1, 0.15) is 0 Å². The zero-order valence-corrected chi connectivity index (χ0v) is 18.6. The van der Waals surface area contributed by atoms with Crippen molar-refractivity contribution in [3.05, 3.63) is 97.1 Å². The number of benzene rings is 1. The van der Waals surface area contributed by atoms with Crippen LogP contribution in [-0.2, 0) is 22.4 Å². The number of amides is 2. The van der Waals surface area contributed by atoms with E-state index in [2.05, 4.69) is 28.7 Å². The summed E-state index contributed by atoms with van der Waals surface area (Å²) in [6.45, 7) is 5.72. The van der Waals surface area contributed by atoms with Gasteiger partial charge in [-0.1, -0.05) is 36.4 Å². The van der Waals surface area contributed by atoms with Gasteiger partial charge in [-0.25, -0.2) is 0 Å². The Bertz CT molecular complexity index is 1100. The number of rotatable bonds is 7. The van der Waals surface area contributed by atoms with Crippen LogP contribution in [-0.4, -0.2) is 57.8 Å². The first-order valence-electron chi connectivity index (χ1n) is 11.2. The minimum atomic E-state index is -0.307. The van der Waals surface area contributed by atoms with Gasteiger partial charge in [-0.05, 0) is 46.9 Å². The molecule has 0 aliphatic carbocycles. The molecule has 1 aromatic carbocycles. The first-order valence-corrected chi connectivity index (χ1v) is 11.2. The lowest BCUT2D eigenvalue weighted by molar-refractivity contribution is -0.134. The molecule has 0 bridgehead atoms. The Morgan fingerprint density at radius 3 is 2.58 bits per heavy atom. The quantitative estimate of drug-likeness (QED) is 0.528. The summed E-state index contributed by atoms with van der Waals surface area (Å²) in [5.74, 6) is -0.217. The number of carbonyl (C=O) groups is 2. The third-order valence-electron chi connectivity index (χ3n) is 5.94. The van der Waals surface area contributed by atoms with Crippen LogP contribution in [0.3, 0.4) is 0 Å². The van der Waals surface area contributed by atoms with E-state index in [9.17, 15) is 9.59 Å². The molecule has 1 aliphatic rings. The summed E-state index contributed by atoms with van der Waals surface area (Å²) in [6.07, 6.45) is 9.56. The van der Waals surface area contributed by atoms with E-state index in [0.29, 0.717) is 32.6 Å². The van der Waals surface area contributed by atoms with E-state index in [0.717, 1.165) is 22.3 Å². The van der Waals surface area contributed by atoms with Crippen molar-refractivity contribution in [2.24, 2.45) is 5.92 Å². The molecular weight excluding hydrogens is 412 g/mol. The molecule has 33 heavy (non-hydrogen) atoms. The Morgan fingerprint density at radius 1 is 1.00 bits per heavy atom. The standard InChI is InChI=1S/C27H28N4O2/c1-2-13-30-14-15-31(26(32)18-22-6-4-10-29-19-22)20-25(27(30)33)17-21-5-3-7-24(16-21)23-8-11-28-12-9-23/h2-12,16,19,25H,1,13-15,17-18,20H2/t25-/m1/s1. The van der Waals surface area contributed by atoms with Crippen LogP contribution in [0, 0.1) is 5.92 Å². The van der Waals surface area contributed by atoms with E-state index in [1.807, 2.05) is 46.2 Å². The lowest BCUT2D eigenvalue weighted by Crippen LogP contribution is -2.38. The largest absolute Gasteiger partial charge is 0.340 e. The first-order chi connectivity index (χ1) is 16.1. The van der Waals surface area contributed by atoms with Gasteiger partial charge in [-0.15, -0.1) is 6.58 Å². The van der Waals surface area contributed by atoms with Crippen LogP contribution in [0.4, 0.5) is 0 Å². The summed E-state index contributed by atoms with van der Waals surface area (Å²) in [4.78, 5) is 38.2. The number of nitrogens with zero attached hydrogens (tertiary/aromatic N) is 4. The summed E-state index contributed by atoms with van der Waals surface area (Å²) < 4.78 is 0. The van der Waals surface area contributed by atoms with Crippen LogP contribution >= 0.6 is 0 Å². The topological polar surface area (TPSA) is 66.4 Å². The Balaban J connectivity index is 1.54. The minimum absolute atomic E-state index is 0.0202. The highest BCUT2D eigenvalue weighted by Crippen LogP contribution is 2.23. The van der Waals surface area contributed by atoms with Gasteiger partial charge in [0.15, 0.2) is 0 Å². The average Bonchev–Trinajstić information content (AvgIpc) is 3.00. The Kier molecular flexibility index (Phi) is 7.25. The molecule has 1 saturated heterocycles. The van der Waals surface area contributed by atoms with Crippen molar-refractivity contribution >= 4 is 11.8 Å². The summed E-state index contributed by atoms with van der Waals surface area (Å²) in [5.41, 5.74) is 4.12. The highest BCUT2D eigenvalue weighted by Gasteiger charge is 2.32. The maximum atomic E-state index is 13.3. The molecule has 2 aromatic heterocycles. The van der Waals surface area contributed by atoms with Gasteiger partial charge in [0.2, 0.25) is 11.8 Å². The second kappa shape index (κ2) is 10.7. The normalized spacial score (nSPS) is 16.4. The van der Waals surface area contributed by atoms with Gasteiger partial charge in [-0.3, -0.25) is 19.6 Å². The molecule has 0 unspecified atom stereocenters. The van der Waals surface area contributed by atoms with Crippen LogP contribution in [0.5, 0.6) is 0 Å². The lowest BCUT2D eigenvalue weighted by Gasteiger charge is -2.24. The van der Waals surface area contributed by atoms with Crippen molar-refractivity contribution in [1.29, 1.82) is 0 Å². The Hall–Kier alpha value is -3.80. The van der Waals surface area contributed by atoms with Crippen molar-refractivity contribution in [2.75, 3.05) is 26.2 Å². The van der Waals surface area contributed by atoms with E-state index in [1.54, 1.807) is 30.9 Å². The molecule has 1 aliphatic heterocycles. The fraction of sp³-hybridized carbons (Fsp3) is 0.259. The summed E-state index contributed by atoms with van der Waals surface area (Å²) in [6, 6.07) is 15.9. The molecule has 2 amide bonds. The van der Waals surface area contributed by atoms with Crippen LogP contribution in [0.25, 0.3) is 11.1 Å². The lowest BCUT2D eigenvalue weighted by atomic mass is 9.95. The smallest absolute Gasteiger partial charge is 0.228 e.